The molecule has 5 heteroatoms. The van der Waals surface area contributed by atoms with Crippen molar-refractivity contribution in [2.45, 2.75) is 6.42 Å². The molecule has 98 valence electrons. The number of pyridine rings is 1. The van der Waals surface area contributed by atoms with Crippen molar-refractivity contribution in [1.29, 1.82) is 0 Å². The molecular weight excluding hydrogens is 357 g/mol. The fourth-order valence-electron chi connectivity index (χ4n) is 1.62. The van der Waals surface area contributed by atoms with Gasteiger partial charge in [0.15, 0.2) is 0 Å². The fourth-order valence-corrected chi connectivity index (χ4v) is 2.11. The minimum Gasteiger partial charge on any atom is -0.492 e. The molecule has 0 aliphatic carbocycles. The van der Waals surface area contributed by atoms with Gasteiger partial charge in [0.05, 0.1) is 6.61 Å². The van der Waals surface area contributed by atoms with Crippen molar-refractivity contribution in [2.24, 2.45) is 0 Å². The molecule has 0 aliphatic heterocycles. The number of aromatic carboxylic acids is 1. The van der Waals surface area contributed by atoms with Crippen molar-refractivity contribution in [3.05, 3.63) is 57.4 Å². The number of rotatable bonds is 5. The van der Waals surface area contributed by atoms with Gasteiger partial charge in [-0.15, -0.1) is 0 Å². The second-order valence-corrected chi connectivity index (χ2v) is 5.15. The molecule has 2 aromatic rings. The SMILES string of the molecule is O=C(O)c1cc(I)ccc1OCCc1cccnc1. The van der Waals surface area contributed by atoms with E-state index in [-0.39, 0.29) is 5.56 Å². The third-order valence-electron chi connectivity index (χ3n) is 2.54. The molecule has 0 amide bonds. The van der Waals surface area contributed by atoms with E-state index < -0.39 is 5.97 Å². The molecule has 0 unspecified atom stereocenters. The summed E-state index contributed by atoms with van der Waals surface area (Å²) in [6, 6.07) is 8.94. The summed E-state index contributed by atoms with van der Waals surface area (Å²) in [7, 11) is 0. The normalized spacial score (nSPS) is 10.2. The van der Waals surface area contributed by atoms with E-state index in [1.165, 1.54) is 0 Å². The molecule has 1 N–H and O–H groups in total. The van der Waals surface area contributed by atoms with E-state index >= 15 is 0 Å². The van der Waals surface area contributed by atoms with Crippen LogP contribution >= 0.6 is 22.6 Å². The van der Waals surface area contributed by atoms with E-state index in [1.807, 2.05) is 18.2 Å². The van der Waals surface area contributed by atoms with E-state index in [0.717, 1.165) is 9.13 Å². The first-order valence-electron chi connectivity index (χ1n) is 5.71. The average Bonchev–Trinajstić information content (AvgIpc) is 2.41. The Kier molecular flexibility index (Phi) is 4.73. The van der Waals surface area contributed by atoms with Crippen LogP contribution in [0.4, 0.5) is 0 Å². The zero-order valence-corrected chi connectivity index (χ0v) is 12.2. The van der Waals surface area contributed by atoms with Crippen LogP contribution in [0.5, 0.6) is 5.75 Å². The van der Waals surface area contributed by atoms with E-state index in [2.05, 4.69) is 27.6 Å². The molecule has 0 saturated heterocycles. The van der Waals surface area contributed by atoms with Crippen LogP contribution in [0.1, 0.15) is 15.9 Å². The number of carboxylic acids is 1. The van der Waals surface area contributed by atoms with Gasteiger partial charge in [0.1, 0.15) is 11.3 Å². The van der Waals surface area contributed by atoms with Crippen LogP contribution < -0.4 is 4.74 Å². The molecule has 0 aliphatic rings. The summed E-state index contributed by atoms with van der Waals surface area (Å²) in [4.78, 5) is 15.1. The van der Waals surface area contributed by atoms with Gasteiger partial charge >= 0.3 is 5.97 Å². The van der Waals surface area contributed by atoms with Gasteiger partial charge in [0.25, 0.3) is 0 Å². The van der Waals surface area contributed by atoms with Crippen molar-refractivity contribution in [3.8, 4) is 5.75 Å². The van der Waals surface area contributed by atoms with E-state index in [0.29, 0.717) is 18.8 Å². The third kappa shape index (κ3) is 3.92. The van der Waals surface area contributed by atoms with Crippen molar-refractivity contribution in [3.63, 3.8) is 0 Å². The standard InChI is InChI=1S/C14H12INO3/c15-11-3-4-13(12(8-11)14(17)18)19-7-5-10-2-1-6-16-9-10/h1-4,6,8-9H,5,7H2,(H,17,18). The zero-order chi connectivity index (χ0) is 13.7. The molecule has 0 radical (unpaired) electrons. The quantitative estimate of drug-likeness (QED) is 0.824. The molecule has 0 saturated carbocycles. The van der Waals surface area contributed by atoms with Crippen LogP contribution in [0.3, 0.4) is 0 Å². The van der Waals surface area contributed by atoms with Gasteiger partial charge in [-0.3, -0.25) is 4.98 Å². The largest absolute Gasteiger partial charge is 0.492 e. The minimum absolute atomic E-state index is 0.193. The topological polar surface area (TPSA) is 59.4 Å². The average molecular weight is 369 g/mol. The highest BCUT2D eigenvalue weighted by molar-refractivity contribution is 14.1. The molecule has 1 aromatic carbocycles. The van der Waals surface area contributed by atoms with Crippen LogP contribution in [0.2, 0.25) is 0 Å². The summed E-state index contributed by atoms with van der Waals surface area (Å²) in [5.41, 5.74) is 1.25. The van der Waals surface area contributed by atoms with E-state index in [9.17, 15) is 4.79 Å². The second-order valence-electron chi connectivity index (χ2n) is 3.91. The molecule has 1 aromatic heterocycles. The minimum atomic E-state index is -0.977. The summed E-state index contributed by atoms with van der Waals surface area (Å²) in [6.45, 7) is 0.423. The number of benzene rings is 1. The van der Waals surface area contributed by atoms with Gasteiger partial charge in [-0.1, -0.05) is 6.07 Å². The second kappa shape index (κ2) is 6.51. The Morgan fingerprint density at radius 3 is 2.89 bits per heavy atom. The lowest BCUT2D eigenvalue weighted by Gasteiger charge is -2.09. The number of hydrogen-bond donors (Lipinski definition) is 1. The van der Waals surface area contributed by atoms with Crippen LogP contribution in [-0.2, 0) is 6.42 Å². The van der Waals surface area contributed by atoms with Crippen molar-refractivity contribution < 1.29 is 14.6 Å². The summed E-state index contributed by atoms with van der Waals surface area (Å²) >= 11 is 2.08. The van der Waals surface area contributed by atoms with Crippen molar-refractivity contribution in [2.75, 3.05) is 6.61 Å². The summed E-state index contributed by atoms with van der Waals surface area (Å²) in [5.74, 6) is -0.577. The van der Waals surface area contributed by atoms with Crippen molar-refractivity contribution >= 4 is 28.6 Å². The smallest absolute Gasteiger partial charge is 0.339 e. The zero-order valence-electron chi connectivity index (χ0n) is 10.0. The van der Waals surface area contributed by atoms with Gasteiger partial charge in [0.2, 0.25) is 0 Å². The Morgan fingerprint density at radius 2 is 2.21 bits per heavy atom. The first kappa shape index (κ1) is 13.8. The van der Waals surface area contributed by atoms with Gasteiger partial charge in [-0.2, -0.15) is 0 Å². The Bertz CT molecular complexity index is 572. The van der Waals surface area contributed by atoms with Crippen LogP contribution in [-0.4, -0.2) is 22.7 Å². The highest BCUT2D eigenvalue weighted by Crippen LogP contribution is 2.21. The summed E-state index contributed by atoms with van der Waals surface area (Å²) in [5, 5.41) is 9.11. The molecule has 19 heavy (non-hydrogen) atoms. The number of ether oxygens (including phenoxy) is 1. The first-order valence-corrected chi connectivity index (χ1v) is 6.79. The Morgan fingerprint density at radius 1 is 1.37 bits per heavy atom. The fraction of sp³-hybridized carbons (Fsp3) is 0.143. The number of halogens is 1. The third-order valence-corrected chi connectivity index (χ3v) is 3.21. The summed E-state index contributed by atoms with van der Waals surface area (Å²) in [6.07, 6.45) is 4.18. The Labute approximate surface area is 124 Å². The van der Waals surface area contributed by atoms with Crippen LogP contribution in [0.25, 0.3) is 0 Å². The molecule has 0 spiro atoms. The Hall–Kier alpha value is -1.63. The van der Waals surface area contributed by atoms with Gasteiger partial charge in [-0.05, 0) is 52.4 Å². The lowest BCUT2D eigenvalue weighted by Crippen LogP contribution is -2.06. The maximum absolute atomic E-state index is 11.1. The predicted molar refractivity (Wildman–Crippen MR) is 79.6 cm³/mol. The first-order chi connectivity index (χ1) is 9.16. The van der Waals surface area contributed by atoms with Gasteiger partial charge in [0, 0.05) is 22.4 Å². The highest BCUT2D eigenvalue weighted by atomic mass is 127. The number of carbonyl (C=O) groups is 1. The molecule has 0 bridgehead atoms. The highest BCUT2D eigenvalue weighted by Gasteiger charge is 2.11. The number of carboxylic acid groups (broad SMARTS) is 1. The summed E-state index contributed by atoms with van der Waals surface area (Å²) < 4.78 is 6.42. The maximum Gasteiger partial charge on any atom is 0.339 e. The van der Waals surface area contributed by atoms with Gasteiger partial charge < -0.3 is 9.84 Å². The van der Waals surface area contributed by atoms with E-state index in [4.69, 9.17) is 9.84 Å². The Balaban J connectivity index is 2.02. The molecule has 1 heterocycles. The van der Waals surface area contributed by atoms with Gasteiger partial charge in [-0.25, -0.2) is 4.79 Å². The molecule has 2 rings (SSSR count). The molecule has 0 atom stereocenters. The lowest BCUT2D eigenvalue weighted by atomic mass is 10.2. The maximum atomic E-state index is 11.1. The molecular formula is C14H12INO3. The molecule has 4 nitrogen and oxygen atoms in total. The monoisotopic (exact) mass is 369 g/mol. The van der Waals surface area contributed by atoms with Crippen LogP contribution in [0, 0.1) is 3.57 Å². The molecule has 0 fully saturated rings. The van der Waals surface area contributed by atoms with Crippen LogP contribution in [0.15, 0.2) is 42.7 Å². The van der Waals surface area contributed by atoms with Crippen molar-refractivity contribution in [1.82, 2.24) is 4.98 Å². The van der Waals surface area contributed by atoms with E-state index in [1.54, 1.807) is 24.5 Å². The lowest BCUT2D eigenvalue weighted by molar-refractivity contribution is 0.0692. The number of nitrogens with zero attached hydrogens (tertiary/aromatic N) is 1. The predicted octanol–water partition coefficient (Wildman–Crippen LogP) is 3.01. The number of hydrogen-bond acceptors (Lipinski definition) is 3. The number of aromatic nitrogens is 1.